The Kier molecular flexibility index (Phi) is 8.54. The fourth-order valence-electron chi connectivity index (χ4n) is 8.27. The predicted octanol–water partition coefficient (Wildman–Crippen LogP) is 6.41. The molecular weight excluding hydrogens is 594 g/mol. The van der Waals surface area contributed by atoms with Crippen molar-refractivity contribution in [2.45, 2.75) is 88.8 Å². The number of rotatable bonds is 3. The van der Waals surface area contributed by atoms with Gasteiger partial charge in [0.2, 0.25) is 0 Å². The Morgan fingerprint density at radius 1 is 1.09 bits per heavy atom. The van der Waals surface area contributed by atoms with Gasteiger partial charge in [-0.1, -0.05) is 18.2 Å². The minimum Gasteiger partial charge on any atom is -0.389 e. The van der Waals surface area contributed by atoms with E-state index in [1.807, 2.05) is 0 Å². The van der Waals surface area contributed by atoms with E-state index in [-0.39, 0.29) is 27.7 Å². The molecule has 8 nitrogen and oxygen atoms in total. The normalized spacial score (nSPS) is 26.1. The number of hydrogen-bond acceptors (Lipinski definition) is 8. The van der Waals surface area contributed by atoms with Crippen LogP contribution < -0.4 is 16.0 Å². The van der Waals surface area contributed by atoms with Gasteiger partial charge in [0.15, 0.2) is 5.82 Å². The quantitative estimate of drug-likeness (QED) is 0.319. The van der Waals surface area contributed by atoms with Crippen molar-refractivity contribution >= 4 is 34.1 Å². The lowest BCUT2D eigenvalue weighted by Crippen LogP contribution is -2.39. The summed E-state index contributed by atoms with van der Waals surface area (Å²) in [4.78, 5) is 23.5. The van der Waals surface area contributed by atoms with Crippen LogP contribution >= 0.6 is 11.6 Å². The van der Waals surface area contributed by atoms with Gasteiger partial charge in [-0.2, -0.15) is 0 Å². The molecule has 5 aliphatic rings. The minimum absolute atomic E-state index is 0.154. The molecule has 6 bridgehead atoms. The van der Waals surface area contributed by atoms with Gasteiger partial charge in [0.25, 0.3) is 0 Å². The summed E-state index contributed by atoms with van der Waals surface area (Å²) in [5, 5.41) is 4.41. The van der Waals surface area contributed by atoms with E-state index in [4.69, 9.17) is 27.3 Å². The Labute approximate surface area is 268 Å². The van der Waals surface area contributed by atoms with Crippen LogP contribution in [0.1, 0.15) is 75.6 Å². The van der Waals surface area contributed by atoms with Gasteiger partial charge in [-0.25, -0.2) is 23.7 Å². The van der Waals surface area contributed by atoms with E-state index in [9.17, 15) is 4.39 Å². The van der Waals surface area contributed by atoms with Crippen LogP contribution in [-0.4, -0.2) is 69.3 Å². The maximum absolute atomic E-state index is 16.8. The fourth-order valence-corrected chi connectivity index (χ4v) is 8.56. The number of aromatic nitrogens is 4. The summed E-state index contributed by atoms with van der Waals surface area (Å²) in [6, 6.07) is 1.66. The molecule has 3 aromatic heterocycles. The highest BCUT2D eigenvalue weighted by Gasteiger charge is 2.48. The lowest BCUT2D eigenvalue weighted by atomic mass is 9.88. The number of halogens is 3. The molecule has 0 amide bonds. The number of allylic oxidation sites excluding steroid dienone is 1. The van der Waals surface area contributed by atoms with Crippen LogP contribution in [0.5, 0.6) is 0 Å². The number of alkyl halides is 1. The zero-order valence-corrected chi connectivity index (χ0v) is 26.7. The van der Waals surface area contributed by atoms with Crippen molar-refractivity contribution in [2.24, 2.45) is 5.92 Å². The number of nitrogens with two attached hydrogens (primary N) is 1. The lowest BCUT2D eigenvalue weighted by Gasteiger charge is -2.35. The third-order valence-corrected chi connectivity index (χ3v) is 10.8. The maximum atomic E-state index is 16.8. The largest absolute Gasteiger partial charge is 0.389 e. The molecule has 0 saturated carbocycles. The number of anilines is 2. The third-order valence-electron chi connectivity index (χ3n) is 10.5. The van der Waals surface area contributed by atoms with Crippen molar-refractivity contribution in [2.75, 3.05) is 43.4 Å². The van der Waals surface area contributed by atoms with Crippen molar-refractivity contribution < 1.29 is 8.78 Å². The highest BCUT2D eigenvalue weighted by molar-refractivity contribution is 6.30. The molecule has 8 heterocycles. The van der Waals surface area contributed by atoms with Crippen LogP contribution in [0.4, 0.5) is 20.4 Å². The fraction of sp³-hybridized carbons (Fsp3) is 0.588. The van der Waals surface area contributed by atoms with Crippen molar-refractivity contribution in [3.05, 3.63) is 46.9 Å². The molecule has 11 heteroatoms. The molecule has 3 aromatic rings. The molecule has 3 atom stereocenters. The first-order valence-electron chi connectivity index (χ1n) is 16.7. The van der Waals surface area contributed by atoms with E-state index in [1.165, 1.54) is 0 Å². The number of nitrogens with zero attached hydrogens (tertiary/aromatic N) is 6. The highest BCUT2D eigenvalue weighted by Crippen LogP contribution is 2.43. The van der Waals surface area contributed by atoms with Gasteiger partial charge in [0.05, 0.1) is 5.39 Å². The number of piperidine rings is 1. The summed E-state index contributed by atoms with van der Waals surface area (Å²) in [5.74, 6) is 1.53. The summed E-state index contributed by atoms with van der Waals surface area (Å²) >= 11 is 6.63. The Hall–Kier alpha value is -3.11. The highest BCUT2D eigenvalue weighted by atomic mass is 35.5. The topological polar surface area (TPSA) is 96.1 Å². The molecule has 0 aliphatic carbocycles. The van der Waals surface area contributed by atoms with Crippen molar-refractivity contribution in [3.8, 4) is 11.3 Å². The second-order valence-corrected chi connectivity index (χ2v) is 13.9. The first kappa shape index (κ1) is 30.5. The minimum atomic E-state index is -0.796. The average molecular weight is 637 g/mol. The summed E-state index contributed by atoms with van der Waals surface area (Å²) in [6.07, 6.45) is 11.3. The molecule has 3 unspecified atom stereocenters. The van der Waals surface area contributed by atoms with Gasteiger partial charge in [0, 0.05) is 55.6 Å². The zero-order valence-electron chi connectivity index (χ0n) is 25.9. The van der Waals surface area contributed by atoms with Crippen molar-refractivity contribution in [1.29, 1.82) is 0 Å². The molecule has 8 rings (SSSR count). The van der Waals surface area contributed by atoms with Crippen molar-refractivity contribution in [1.82, 2.24) is 30.2 Å². The van der Waals surface area contributed by atoms with Crippen LogP contribution in [-0.2, 0) is 12.8 Å². The van der Waals surface area contributed by atoms with E-state index in [1.54, 1.807) is 12.3 Å². The van der Waals surface area contributed by atoms with Gasteiger partial charge in [-0.3, -0.25) is 9.88 Å². The zero-order chi connectivity index (χ0) is 31.1. The number of aryl methyl sites for hydroxylation is 1. The van der Waals surface area contributed by atoms with Crippen LogP contribution in [0, 0.1) is 11.7 Å². The van der Waals surface area contributed by atoms with Gasteiger partial charge < -0.3 is 16.0 Å². The number of hydrogen-bond donors (Lipinski definition) is 2. The van der Waals surface area contributed by atoms with E-state index in [0.717, 1.165) is 101 Å². The first-order chi connectivity index (χ1) is 21.8. The number of nitrogen functional groups attached to an aromatic ring is 1. The third kappa shape index (κ3) is 6.08. The molecule has 240 valence electrons. The first-order valence-corrected chi connectivity index (χ1v) is 17.0. The van der Waals surface area contributed by atoms with E-state index in [0.29, 0.717) is 48.5 Å². The second-order valence-electron chi connectivity index (χ2n) is 13.6. The molecule has 0 aromatic carbocycles. The van der Waals surface area contributed by atoms with Gasteiger partial charge in [0.1, 0.15) is 40.0 Å². The van der Waals surface area contributed by atoms with Crippen molar-refractivity contribution in [3.63, 3.8) is 0 Å². The monoisotopic (exact) mass is 636 g/mol. The Morgan fingerprint density at radius 2 is 1.96 bits per heavy atom. The van der Waals surface area contributed by atoms with Crippen LogP contribution in [0.15, 0.2) is 24.5 Å². The summed E-state index contributed by atoms with van der Waals surface area (Å²) < 4.78 is 31.4. The molecule has 3 N–H and O–H groups in total. The van der Waals surface area contributed by atoms with Crippen LogP contribution in [0.3, 0.4) is 0 Å². The van der Waals surface area contributed by atoms with Crippen LogP contribution in [0.2, 0.25) is 5.15 Å². The van der Waals surface area contributed by atoms with E-state index >= 15 is 4.39 Å². The molecule has 0 spiro atoms. The summed E-state index contributed by atoms with van der Waals surface area (Å²) in [5.41, 5.74) is 8.72. The molecule has 3 saturated heterocycles. The Bertz CT molecular complexity index is 1600. The van der Waals surface area contributed by atoms with E-state index in [2.05, 4.69) is 31.7 Å². The average Bonchev–Trinajstić information content (AvgIpc) is 3.54. The lowest BCUT2D eigenvalue weighted by molar-refractivity contribution is 0.181. The molecule has 5 aliphatic heterocycles. The maximum Gasteiger partial charge on any atom is 0.175 e. The van der Waals surface area contributed by atoms with E-state index < -0.39 is 12.0 Å². The van der Waals surface area contributed by atoms with Gasteiger partial charge in [-0.15, -0.1) is 0 Å². The predicted molar refractivity (Wildman–Crippen MR) is 176 cm³/mol. The Morgan fingerprint density at radius 3 is 2.84 bits per heavy atom. The second kappa shape index (κ2) is 12.6. The number of nitrogens with one attached hydrogen (secondary N) is 1. The van der Waals surface area contributed by atoms with Gasteiger partial charge in [-0.05, 0) is 94.7 Å². The smallest absolute Gasteiger partial charge is 0.175 e. The molecule has 45 heavy (non-hydrogen) atoms. The summed E-state index contributed by atoms with van der Waals surface area (Å²) in [7, 11) is 0. The number of pyridine rings is 2. The molecule has 3 fully saturated rings. The van der Waals surface area contributed by atoms with Crippen LogP contribution in [0.25, 0.3) is 22.2 Å². The standard InChI is InChI=1S/C34H43ClF2N8/c1-21-6-2-3-8-24-25(16-27(38)41-32(24)35)30-29(37)31-26(18-40-30)33(44-14-4-7-22(19-44)10-13-39-21)43-28(42-31)9-12-34-11-5-15-45(34)20-23(36)17-34/h16,18,22-23,39H,1-15,17,19-20H2,(H2,38,41). The Balaban J connectivity index is 1.33. The summed E-state index contributed by atoms with van der Waals surface area (Å²) in [6.45, 7) is 8.24. The SMILES string of the molecule is C=C1CCCCc2c(cc(N)nc2Cl)-c2ncc3c(nc(CCC45CCCN4CC(F)C5)nc3c2F)N2CCCC(CCN1)C2. The molecule has 0 radical (unpaired) electrons. The number of fused-ring (bicyclic) bond motifs is 9. The molecular formula is C34H43ClF2N8. The van der Waals surface area contributed by atoms with Gasteiger partial charge >= 0.3 is 0 Å².